The normalized spacial score (nSPS) is 25.4. The van der Waals surface area contributed by atoms with Crippen LogP contribution in [0.2, 0.25) is 0 Å². The van der Waals surface area contributed by atoms with Gasteiger partial charge in [-0.15, -0.1) is 0 Å². The Morgan fingerprint density at radius 2 is 2.33 bits per heavy atom. The number of aromatic nitrogens is 2. The second-order valence-corrected chi connectivity index (χ2v) is 3.95. The molecule has 0 bridgehead atoms. The molecule has 0 atom stereocenters. The lowest BCUT2D eigenvalue weighted by atomic mass is 9.87. The zero-order valence-electron chi connectivity index (χ0n) is 8.09. The smallest absolute Gasteiger partial charge is 0.406 e. The van der Waals surface area contributed by atoms with Crippen LogP contribution in [-0.2, 0) is 0 Å². The molecule has 2 aromatic rings. The number of oxazole rings is 1. The summed E-state index contributed by atoms with van der Waals surface area (Å²) < 4.78 is 6.71. The molecular formula is C10H11N3O2. The van der Waals surface area contributed by atoms with Crippen molar-refractivity contribution in [1.29, 1.82) is 0 Å². The second kappa shape index (κ2) is 2.93. The van der Waals surface area contributed by atoms with Crippen LogP contribution >= 0.6 is 0 Å². The summed E-state index contributed by atoms with van der Waals surface area (Å²) in [6.45, 7) is 0. The van der Waals surface area contributed by atoms with Crippen molar-refractivity contribution in [3.63, 3.8) is 0 Å². The highest BCUT2D eigenvalue weighted by Crippen LogP contribution is 2.31. The Bertz CT molecular complexity index is 551. The molecule has 2 aromatic heterocycles. The minimum atomic E-state index is -0.333. The van der Waals surface area contributed by atoms with Crippen molar-refractivity contribution in [2.45, 2.75) is 24.9 Å². The maximum atomic E-state index is 11.6. The van der Waals surface area contributed by atoms with E-state index in [2.05, 4.69) is 4.98 Å². The molecule has 2 heterocycles. The van der Waals surface area contributed by atoms with Gasteiger partial charge in [0.15, 0.2) is 11.2 Å². The van der Waals surface area contributed by atoms with Crippen molar-refractivity contribution >= 4 is 11.2 Å². The first kappa shape index (κ1) is 8.67. The van der Waals surface area contributed by atoms with Gasteiger partial charge in [0.1, 0.15) is 0 Å². The summed E-state index contributed by atoms with van der Waals surface area (Å²) in [5, 5.41) is 0. The minimum Gasteiger partial charge on any atom is -0.406 e. The van der Waals surface area contributed by atoms with Gasteiger partial charge in [0.05, 0.1) is 0 Å². The van der Waals surface area contributed by atoms with Gasteiger partial charge in [-0.05, 0) is 25.0 Å². The van der Waals surface area contributed by atoms with Crippen molar-refractivity contribution < 1.29 is 4.42 Å². The Balaban J connectivity index is 2.17. The molecule has 0 radical (unpaired) electrons. The molecule has 1 aliphatic rings. The molecule has 78 valence electrons. The van der Waals surface area contributed by atoms with Crippen molar-refractivity contribution in [3.8, 4) is 0 Å². The quantitative estimate of drug-likeness (QED) is 0.741. The van der Waals surface area contributed by atoms with E-state index in [-0.39, 0.29) is 17.8 Å². The highest BCUT2D eigenvalue weighted by molar-refractivity contribution is 5.67. The van der Waals surface area contributed by atoms with Crippen LogP contribution in [-0.4, -0.2) is 15.6 Å². The van der Waals surface area contributed by atoms with Gasteiger partial charge in [-0.3, -0.25) is 4.57 Å². The van der Waals surface area contributed by atoms with Gasteiger partial charge in [0.2, 0.25) is 0 Å². The summed E-state index contributed by atoms with van der Waals surface area (Å²) in [7, 11) is 0. The van der Waals surface area contributed by atoms with Crippen molar-refractivity contribution in [2.24, 2.45) is 5.73 Å². The lowest BCUT2D eigenvalue weighted by Crippen LogP contribution is -2.40. The fourth-order valence-corrected chi connectivity index (χ4v) is 2.04. The van der Waals surface area contributed by atoms with Crippen LogP contribution in [0.5, 0.6) is 0 Å². The van der Waals surface area contributed by atoms with Crippen LogP contribution < -0.4 is 11.5 Å². The number of nitrogens with two attached hydrogens (primary N) is 1. The summed E-state index contributed by atoms with van der Waals surface area (Å²) in [5.74, 6) is -0.333. The van der Waals surface area contributed by atoms with Crippen LogP contribution in [0.1, 0.15) is 18.9 Å². The van der Waals surface area contributed by atoms with Gasteiger partial charge < -0.3 is 10.2 Å². The zero-order chi connectivity index (χ0) is 10.4. The van der Waals surface area contributed by atoms with Crippen LogP contribution in [0, 0.1) is 0 Å². The topological polar surface area (TPSA) is 74.0 Å². The molecule has 0 spiro atoms. The SMILES string of the molecule is N[C@H]1C[C@H](n2c(=O)oc3cccnc32)C1. The minimum absolute atomic E-state index is 0.156. The average Bonchev–Trinajstić information content (AvgIpc) is 2.49. The first-order valence-corrected chi connectivity index (χ1v) is 4.97. The van der Waals surface area contributed by atoms with E-state index in [4.69, 9.17) is 10.2 Å². The molecule has 0 unspecified atom stereocenters. The van der Waals surface area contributed by atoms with Crippen LogP contribution in [0.3, 0.4) is 0 Å². The molecule has 0 aliphatic heterocycles. The Morgan fingerprint density at radius 3 is 3.07 bits per heavy atom. The van der Waals surface area contributed by atoms with Gasteiger partial charge >= 0.3 is 5.76 Å². The van der Waals surface area contributed by atoms with E-state index in [1.807, 2.05) is 0 Å². The number of pyridine rings is 1. The molecular weight excluding hydrogens is 194 g/mol. The zero-order valence-corrected chi connectivity index (χ0v) is 8.09. The summed E-state index contributed by atoms with van der Waals surface area (Å²) in [6, 6.07) is 3.86. The first-order valence-electron chi connectivity index (χ1n) is 4.97. The van der Waals surface area contributed by atoms with Gasteiger partial charge in [0, 0.05) is 18.3 Å². The van der Waals surface area contributed by atoms with E-state index >= 15 is 0 Å². The van der Waals surface area contributed by atoms with E-state index < -0.39 is 0 Å². The second-order valence-electron chi connectivity index (χ2n) is 3.95. The summed E-state index contributed by atoms with van der Waals surface area (Å²) in [6.07, 6.45) is 3.31. The maximum absolute atomic E-state index is 11.6. The van der Waals surface area contributed by atoms with Gasteiger partial charge in [0.25, 0.3) is 0 Å². The third-order valence-corrected chi connectivity index (χ3v) is 2.89. The van der Waals surface area contributed by atoms with Crippen molar-refractivity contribution in [2.75, 3.05) is 0 Å². The van der Waals surface area contributed by atoms with Gasteiger partial charge in [-0.2, -0.15) is 0 Å². The van der Waals surface area contributed by atoms with E-state index in [1.54, 1.807) is 22.9 Å². The summed E-state index contributed by atoms with van der Waals surface area (Å²) >= 11 is 0. The number of rotatable bonds is 1. The molecule has 5 nitrogen and oxygen atoms in total. The van der Waals surface area contributed by atoms with Crippen LogP contribution in [0.4, 0.5) is 0 Å². The predicted octanol–water partition coefficient (Wildman–Crippen LogP) is 0.652. The van der Waals surface area contributed by atoms with Crippen molar-refractivity contribution in [1.82, 2.24) is 9.55 Å². The number of hydrogen-bond donors (Lipinski definition) is 1. The molecule has 1 aliphatic carbocycles. The summed E-state index contributed by atoms with van der Waals surface area (Å²) in [4.78, 5) is 15.8. The van der Waals surface area contributed by atoms with Gasteiger partial charge in [-0.1, -0.05) is 0 Å². The monoisotopic (exact) mass is 205 g/mol. The molecule has 2 N–H and O–H groups in total. The standard InChI is InChI=1S/C10H11N3O2/c11-6-4-7(5-6)13-9-8(15-10(13)14)2-1-3-12-9/h1-3,6-7H,4-5,11H2/t6-,7-. The third kappa shape index (κ3) is 1.20. The Hall–Kier alpha value is -1.62. The average molecular weight is 205 g/mol. The fraction of sp³-hybridized carbons (Fsp3) is 0.400. The largest absolute Gasteiger partial charge is 0.421 e. The molecule has 3 rings (SSSR count). The maximum Gasteiger partial charge on any atom is 0.421 e. The molecule has 5 heteroatoms. The summed E-state index contributed by atoms with van der Waals surface area (Å²) in [5.41, 5.74) is 6.87. The molecule has 0 amide bonds. The lowest BCUT2D eigenvalue weighted by molar-refractivity contribution is 0.256. The number of nitrogens with zero attached hydrogens (tertiary/aromatic N) is 2. The lowest BCUT2D eigenvalue weighted by Gasteiger charge is -2.32. The number of fused-ring (bicyclic) bond motifs is 1. The molecule has 0 saturated heterocycles. The highest BCUT2D eigenvalue weighted by Gasteiger charge is 2.31. The Kier molecular flexibility index (Phi) is 1.70. The van der Waals surface area contributed by atoms with Crippen molar-refractivity contribution in [3.05, 3.63) is 28.9 Å². The fourth-order valence-electron chi connectivity index (χ4n) is 2.04. The molecule has 15 heavy (non-hydrogen) atoms. The van der Waals surface area contributed by atoms with Crippen LogP contribution in [0.25, 0.3) is 11.2 Å². The van der Waals surface area contributed by atoms with E-state index in [1.165, 1.54) is 0 Å². The van der Waals surface area contributed by atoms with Gasteiger partial charge in [-0.25, -0.2) is 9.78 Å². The Labute approximate surface area is 85.5 Å². The van der Waals surface area contributed by atoms with Crippen LogP contribution in [0.15, 0.2) is 27.5 Å². The van der Waals surface area contributed by atoms with E-state index in [9.17, 15) is 4.79 Å². The van der Waals surface area contributed by atoms with E-state index in [0.29, 0.717) is 11.2 Å². The highest BCUT2D eigenvalue weighted by atomic mass is 16.4. The predicted molar refractivity (Wildman–Crippen MR) is 54.5 cm³/mol. The molecule has 0 aromatic carbocycles. The third-order valence-electron chi connectivity index (χ3n) is 2.89. The number of hydrogen-bond acceptors (Lipinski definition) is 4. The van der Waals surface area contributed by atoms with E-state index in [0.717, 1.165) is 12.8 Å². The Morgan fingerprint density at radius 1 is 1.53 bits per heavy atom. The molecule has 1 saturated carbocycles. The molecule has 1 fully saturated rings. The first-order chi connectivity index (χ1) is 7.25.